The molecule has 0 atom stereocenters. The summed E-state index contributed by atoms with van der Waals surface area (Å²) in [5, 5.41) is 3.71. The van der Waals surface area contributed by atoms with Gasteiger partial charge in [0.05, 0.1) is 6.42 Å². The van der Waals surface area contributed by atoms with E-state index < -0.39 is 0 Å². The fraction of sp³-hybridized carbons (Fsp3) is 0.429. The van der Waals surface area contributed by atoms with Crippen molar-refractivity contribution in [3.63, 3.8) is 0 Å². The topological polar surface area (TPSA) is 57.6 Å². The Morgan fingerprint density at radius 2 is 1.63 bits per heavy atom. The third-order valence-corrected chi connectivity index (χ3v) is 7.37. The van der Waals surface area contributed by atoms with Gasteiger partial charge in [-0.25, -0.2) is 9.18 Å². The number of nitrogens with zero attached hydrogens (tertiary/aromatic N) is 3. The van der Waals surface area contributed by atoms with Crippen LogP contribution in [0.1, 0.15) is 42.9 Å². The summed E-state index contributed by atoms with van der Waals surface area (Å²) in [5.74, 6) is -0.443. The summed E-state index contributed by atoms with van der Waals surface area (Å²) in [6.45, 7) is 4.51. The normalized spacial score (nSPS) is 17.2. The number of imide groups is 1. The van der Waals surface area contributed by atoms with Crippen LogP contribution >= 0.6 is 0 Å². The number of amides is 3. The van der Waals surface area contributed by atoms with Gasteiger partial charge in [-0.2, -0.15) is 0 Å². The zero-order valence-electron chi connectivity index (χ0n) is 20.1. The Bertz CT molecular complexity index is 1180. The predicted molar refractivity (Wildman–Crippen MR) is 135 cm³/mol. The van der Waals surface area contributed by atoms with Crippen LogP contribution in [0.15, 0.2) is 54.7 Å². The lowest BCUT2D eigenvalue weighted by Gasteiger charge is -2.33. The quantitative estimate of drug-likeness (QED) is 0.569. The molecule has 6 nitrogen and oxygen atoms in total. The lowest BCUT2D eigenvalue weighted by atomic mass is 10.0. The third-order valence-electron chi connectivity index (χ3n) is 7.37. The molecule has 7 heteroatoms. The standard InChI is InChI=1S/C28H33FN4O2/c29-24-7-4-21(5-8-24)9-15-31-16-11-25(12-17-31)33-18-10-23-6-3-22(19-26(23)33)20-27(34)30-28(35)32-13-1-2-14-32/h3-8,10,18-19,25H,1-2,9,11-17,20H2,(H,30,34,35). The van der Waals surface area contributed by atoms with Crippen molar-refractivity contribution in [3.8, 4) is 0 Å². The minimum absolute atomic E-state index is 0.187. The molecule has 5 rings (SSSR count). The van der Waals surface area contributed by atoms with E-state index in [2.05, 4.69) is 39.2 Å². The van der Waals surface area contributed by atoms with Gasteiger partial charge in [0.1, 0.15) is 5.82 Å². The Hall–Kier alpha value is -3.19. The maximum atomic E-state index is 13.1. The molecule has 3 heterocycles. The molecule has 3 aromatic rings. The maximum absolute atomic E-state index is 13.1. The molecule has 35 heavy (non-hydrogen) atoms. The number of rotatable bonds is 6. The average Bonchev–Trinajstić information content (AvgIpc) is 3.54. The van der Waals surface area contributed by atoms with Crippen molar-refractivity contribution in [2.24, 2.45) is 0 Å². The lowest BCUT2D eigenvalue weighted by Crippen LogP contribution is -2.41. The molecular weight excluding hydrogens is 443 g/mol. The van der Waals surface area contributed by atoms with Gasteiger partial charge in [-0.1, -0.05) is 24.3 Å². The van der Waals surface area contributed by atoms with Gasteiger partial charge in [0, 0.05) is 50.5 Å². The highest BCUT2D eigenvalue weighted by Gasteiger charge is 2.22. The number of nitrogens with one attached hydrogen (secondary N) is 1. The van der Waals surface area contributed by atoms with Crippen molar-refractivity contribution in [2.45, 2.75) is 44.6 Å². The summed E-state index contributed by atoms with van der Waals surface area (Å²) in [4.78, 5) is 28.9. The van der Waals surface area contributed by atoms with Crippen molar-refractivity contribution >= 4 is 22.8 Å². The van der Waals surface area contributed by atoms with Crippen LogP contribution in [0.2, 0.25) is 0 Å². The average molecular weight is 477 g/mol. The van der Waals surface area contributed by atoms with Gasteiger partial charge in [0.2, 0.25) is 5.91 Å². The number of piperidine rings is 1. The molecule has 0 saturated carbocycles. The summed E-state index contributed by atoms with van der Waals surface area (Å²) in [6.07, 6.45) is 7.44. The molecule has 0 radical (unpaired) electrons. The summed E-state index contributed by atoms with van der Waals surface area (Å²) in [5.41, 5.74) is 3.23. The van der Waals surface area contributed by atoms with E-state index in [4.69, 9.17) is 0 Å². The molecule has 0 aliphatic carbocycles. The number of fused-ring (bicyclic) bond motifs is 1. The Morgan fingerprint density at radius 3 is 2.37 bits per heavy atom. The first-order valence-electron chi connectivity index (χ1n) is 12.7. The molecule has 3 amide bonds. The number of carbonyl (C=O) groups is 2. The predicted octanol–water partition coefficient (Wildman–Crippen LogP) is 4.53. The molecule has 2 aliphatic heterocycles. The number of hydrogen-bond acceptors (Lipinski definition) is 3. The van der Waals surface area contributed by atoms with Crippen molar-refractivity contribution in [1.82, 2.24) is 19.7 Å². The molecule has 184 valence electrons. The van der Waals surface area contributed by atoms with Crippen LogP contribution in [0.25, 0.3) is 10.9 Å². The second kappa shape index (κ2) is 10.6. The number of benzene rings is 2. The van der Waals surface area contributed by atoms with E-state index in [9.17, 15) is 14.0 Å². The molecular formula is C28H33FN4O2. The number of halogens is 1. The highest BCUT2D eigenvalue weighted by Crippen LogP contribution is 2.28. The summed E-state index contributed by atoms with van der Waals surface area (Å²) < 4.78 is 15.5. The van der Waals surface area contributed by atoms with E-state index in [0.29, 0.717) is 6.04 Å². The number of aromatic nitrogens is 1. The Labute approximate surface area is 205 Å². The van der Waals surface area contributed by atoms with Gasteiger partial charge in [0.25, 0.3) is 0 Å². The largest absolute Gasteiger partial charge is 0.344 e. The van der Waals surface area contributed by atoms with Crippen LogP contribution in [0.4, 0.5) is 9.18 Å². The highest BCUT2D eigenvalue weighted by molar-refractivity contribution is 5.95. The minimum Gasteiger partial charge on any atom is -0.344 e. The Balaban J connectivity index is 1.17. The third kappa shape index (κ3) is 5.73. The zero-order chi connectivity index (χ0) is 24.2. The van der Waals surface area contributed by atoms with Gasteiger partial charge in [0.15, 0.2) is 0 Å². The molecule has 1 N–H and O–H groups in total. The van der Waals surface area contributed by atoms with Gasteiger partial charge >= 0.3 is 6.03 Å². The van der Waals surface area contributed by atoms with Crippen molar-refractivity contribution in [1.29, 1.82) is 0 Å². The first-order valence-corrected chi connectivity index (χ1v) is 12.7. The summed E-state index contributed by atoms with van der Waals surface area (Å²) in [6, 6.07) is 15.2. The van der Waals surface area contributed by atoms with E-state index >= 15 is 0 Å². The van der Waals surface area contributed by atoms with Crippen molar-refractivity contribution < 1.29 is 14.0 Å². The van der Waals surface area contributed by atoms with Crippen LogP contribution in [-0.2, 0) is 17.6 Å². The smallest absolute Gasteiger partial charge is 0.324 e. The number of likely N-dealkylation sites (tertiary alicyclic amines) is 2. The first kappa shape index (κ1) is 23.5. The fourth-order valence-corrected chi connectivity index (χ4v) is 5.33. The van der Waals surface area contributed by atoms with Crippen LogP contribution in [0.5, 0.6) is 0 Å². The van der Waals surface area contributed by atoms with Gasteiger partial charge in [-0.15, -0.1) is 0 Å². The molecule has 2 fully saturated rings. The van der Waals surface area contributed by atoms with Gasteiger partial charge in [-0.05, 0) is 72.9 Å². The zero-order valence-corrected chi connectivity index (χ0v) is 20.1. The molecule has 2 aromatic carbocycles. The molecule has 1 aromatic heterocycles. The second-order valence-electron chi connectivity index (χ2n) is 9.79. The number of urea groups is 1. The maximum Gasteiger partial charge on any atom is 0.324 e. The SMILES string of the molecule is O=C(Cc1ccc2ccn(C3CCN(CCc4ccc(F)cc4)CC3)c2c1)NC(=O)N1CCCC1. The highest BCUT2D eigenvalue weighted by atomic mass is 19.1. The van der Waals surface area contributed by atoms with Crippen molar-refractivity contribution in [2.75, 3.05) is 32.7 Å². The van der Waals surface area contributed by atoms with E-state index in [-0.39, 0.29) is 24.2 Å². The molecule has 0 bridgehead atoms. The Kier molecular flexibility index (Phi) is 7.13. The molecule has 2 aliphatic rings. The van der Waals surface area contributed by atoms with E-state index in [1.165, 1.54) is 23.1 Å². The van der Waals surface area contributed by atoms with Crippen LogP contribution < -0.4 is 5.32 Å². The molecule has 0 unspecified atom stereocenters. The number of hydrogen-bond donors (Lipinski definition) is 1. The van der Waals surface area contributed by atoms with E-state index in [0.717, 1.165) is 75.9 Å². The van der Waals surface area contributed by atoms with Crippen molar-refractivity contribution in [3.05, 3.63) is 71.7 Å². The summed E-state index contributed by atoms with van der Waals surface area (Å²) >= 11 is 0. The van der Waals surface area contributed by atoms with E-state index in [1.807, 2.05) is 18.2 Å². The fourth-order valence-electron chi connectivity index (χ4n) is 5.33. The monoisotopic (exact) mass is 476 g/mol. The summed E-state index contributed by atoms with van der Waals surface area (Å²) in [7, 11) is 0. The van der Waals surface area contributed by atoms with Gasteiger partial charge in [-0.3, -0.25) is 10.1 Å². The van der Waals surface area contributed by atoms with Gasteiger partial charge < -0.3 is 14.4 Å². The van der Waals surface area contributed by atoms with E-state index in [1.54, 1.807) is 4.90 Å². The minimum atomic E-state index is -0.275. The molecule has 0 spiro atoms. The lowest BCUT2D eigenvalue weighted by molar-refractivity contribution is -0.119. The van der Waals surface area contributed by atoms with Crippen LogP contribution in [0, 0.1) is 5.82 Å². The molecule has 2 saturated heterocycles. The number of carbonyl (C=O) groups excluding carboxylic acids is 2. The van der Waals surface area contributed by atoms with Crippen LogP contribution in [0.3, 0.4) is 0 Å². The van der Waals surface area contributed by atoms with Crippen LogP contribution in [-0.4, -0.2) is 59.0 Å². The Morgan fingerprint density at radius 1 is 0.914 bits per heavy atom. The second-order valence-corrected chi connectivity index (χ2v) is 9.79. The first-order chi connectivity index (χ1) is 17.0.